The summed E-state index contributed by atoms with van der Waals surface area (Å²) in [4.78, 5) is 13.5. The Labute approximate surface area is 131 Å². The van der Waals surface area contributed by atoms with Crippen LogP contribution in [0.1, 0.15) is 11.6 Å². The molecule has 3 aromatic rings. The fraction of sp³-hybridized carbons (Fsp3) is 0.462. The summed E-state index contributed by atoms with van der Waals surface area (Å²) < 4.78 is 6.23. The van der Waals surface area contributed by atoms with Gasteiger partial charge in [0.2, 0.25) is 10.8 Å². The fourth-order valence-electron chi connectivity index (χ4n) is 2.68. The third-order valence-electron chi connectivity index (χ3n) is 3.85. The van der Waals surface area contributed by atoms with Crippen molar-refractivity contribution in [2.45, 2.75) is 13.8 Å². The van der Waals surface area contributed by atoms with Gasteiger partial charge in [-0.2, -0.15) is 4.37 Å². The summed E-state index contributed by atoms with van der Waals surface area (Å²) in [7, 11) is 0. The molecule has 0 bridgehead atoms. The summed E-state index contributed by atoms with van der Waals surface area (Å²) in [5.74, 6) is 2.62. The van der Waals surface area contributed by atoms with E-state index in [2.05, 4.69) is 34.3 Å². The Balaban J connectivity index is 1.55. The Bertz CT molecular complexity index is 801. The second-order valence-corrected chi connectivity index (χ2v) is 6.02. The molecular formula is C13H16N8S. The van der Waals surface area contributed by atoms with Crippen LogP contribution >= 0.6 is 11.5 Å². The van der Waals surface area contributed by atoms with Crippen LogP contribution in [-0.2, 0) is 0 Å². The third kappa shape index (κ3) is 2.17. The average molecular weight is 316 g/mol. The number of fused-ring (bicyclic) bond motifs is 1. The Hall–Kier alpha value is -2.29. The molecule has 1 fully saturated rings. The summed E-state index contributed by atoms with van der Waals surface area (Å²) in [6, 6.07) is 0. The molecule has 1 saturated heterocycles. The molecule has 0 atom stereocenters. The molecule has 0 N–H and O–H groups in total. The van der Waals surface area contributed by atoms with Crippen LogP contribution in [0.15, 0.2) is 12.4 Å². The van der Waals surface area contributed by atoms with E-state index in [1.807, 2.05) is 24.4 Å². The molecule has 0 unspecified atom stereocenters. The van der Waals surface area contributed by atoms with Crippen molar-refractivity contribution in [2.75, 3.05) is 36.0 Å². The van der Waals surface area contributed by atoms with Crippen LogP contribution in [0.25, 0.3) is 5.65 Å². The van der Waals surface area contributed by atoms with Gasteiger partial charge < -0.3 is 9.80 Å². The van der Waals surface area contributed by atoms with Crippen molar-refractivity contribution in [3.05, 3.63) is 24.0 Å². The van der Waals surface area contributed by atoms with Gasteiger partial charge in [-0.1, -0.05) is 0 Å². The van der Waals surface area contributed by atoms with Crippen molar-refractivity contribution in [2.24, 2.45) is 0 Å². The first kappa shape index (κ1) is 13.4. The van der Waals surface area contributed by atoms with Crippen molar-refractivity contribution in [1.82, 2.24) is 28.9 Å². The minimum atomic E-state index is 0.820. The zero-order chi connectivity index (χ0) is 15.1. The van der Waals surface area contributed by atoms with Crippen LogP contribution in [-0.4, -0.2) is 55.1 Å². The summed E-state index contributed by atoms with van der Waals surface area (Å²) in [5, 5.41) is 9.39. The van der Waals surface area contributed by atoms with Gasteiger partial charge in [0.05, 0.1) is 0 Å². The highest BCUT2D eigenvalue weighted by molar-refractivity contribution is 7.09. The highest BCUT2D eigenvalue weighted by atomic mass is 32.1. The van der Waals surface area contributed by atoms with E-state index in [9.17, 15) is 0 Å². The third-order valence-corrected chi connectivity index (χ3v) is 4.71. The molecule has 4 rings (SSSR count). The van der Waals surface area contributed by atoms with E-state index in [0.29, 0.717) is 0 Å². The van der Waals surface area contributed by atoms with Crippen LogP contribution in [0.3, 0.4) is 0 Å². The van der Waals surface area contributed by atoms with Gasteiger partial charge in [-0.3, -0.25) is 4.40 Å². The molecule has 8 nitrogen and oxygen atoms in total. The van der Waals surface area contributed by atoms with Gasteiger partial charge in [0.15, 0.2) is 5.82 Å². The lowest BCUT2D eigenvalue weighted by Crippen LogP contribution is -2.47. The van der Waals surface area contributed by atoms with Gasteiger partial charge in [-0.05, 0) is 13.8 Å². The van der Waals surface area contributed by atoms with Crippen molar-refractivity contribution in [3.63, 3.8) is 0 Å². The van der Waals surface area contributed by atoms with Gasteiger partial charge in [0.25, 0.3) is 0 Å². The Morgan fingerprint density at radius 2 is 1.82 bits per heavy atom. The average Bonchev–Trinajstić information content (AvgIpc) is 3.14. The molecule has 114 valence electrons. The van der Waals surface area contributed by atoms with E-state index in [-0.39, 0.29) is 0 Å². The smallest absolute Gasteiger partial charge is 0.205 e. The summed E-state index contributed by atoms with van der Waals surface area (Å²) in [5.41, 5.74) is 0.820. The zero-order valence-electron chi connectivity index (χ0n) is 12.5. The van der Waals surface area contributed by atoms with E-state index >= 15 is 0 Å². The molecule has 3 aromatic heterocycles. The van der Waals surface area contributed by atoms with Crippen molar-refractivity contribution >= 4 is 28.1 Å². The Morgan fingerprint density at radius 1 is 1.05 bits per heavy atom. The summed E-state index contributed by atoms with van der Waals surface area (Å²) in [6.45, 7) is 7.46. The standard InChI is InChI=1S/C13H16N8S/c1-9-15-13(22-18-9)20-7-5-19(6-8-20)11-12-17-16-10(2)21(12)4-3-14-11/h3-4H,5-8H2,1-2H3. The van der Waals surface area contributed by atoms with Crippen LogP contribution < -0.4 is 9.80 Å². The normalized spacial score (nSPS) is 15.7. The number of rotatable bonds is 2. The molecule has 22 heavy (non-hydrogen) atoms. The second kappa shape index (κ2) is 5.16. The summed E-state index contributed by atoms with van der Waals surface area (Å²) in [6.07, 6.45) is 3.70. The van der Waals surface area contributed by atoms with Crippen LogP contribution in [0.4, 0.5) is 10.9 Å². The maximum atomic E-state index is 4.50. The number of nitrogens with zero attached hydrogens (tertiary/aromatic N) is 8. The highest BCUT2D eigenvalue weighted by Gasteiger charge is 2.23. The number of aromatic nitrogens is 6. The molecule has 0 aromatic carbocycles. The predicted molar refractivity (Wildman–Crippen MR) is 84.6 cm³/mol. The molecule has 0 aliphatic carbocycles. The molecule has 0 radical (unpaired) electrons. The van der Waals surface area contributed by atoms with E-state index < -0.39 is 0 Å². The largest absolute Gasteiger partial charge is 0.350 e. The number of aryl methyl sites for hydroxylation is 2. The van der Waals surface area contributed by atoms with Crippen molar-refractivity contribution in [1.29, 1.82) is 0 Å². The minimum Gasteiger partial charge on any atom is -0.350 e. The first-order valence-corrected chi connectivity index (χ1v) is 7.96. The van der Waals surface area contributed by atoms with E-state index in [1.165, 1.54) is 11.5 Å². The first-order valence-electron chi connectivity index (χ1n) is 7.19. The number of anilines is 2. The molecule has 1 aliphatic heterocycles. The molecule has 1 aliphatic rings. The number of hydrogen-bond donors (Lipinski definition) is 0. The van der Waals surface area contributed by atoms with Gasteiger partial charge >= 0.3 is 0 Å². The zero-order valence-corrected chi connectivity index (χ0v) is 13.3. The van der Waals surface area contributed by atoms with Crippen molar-refractivity contribution in [3.8, 4) is 0 Å². The minimum absolute atomic E-state index is 0.820. The maximum Gasteiger partial charge on any atom is 0.205 e. The predicted octanol–water partition coefficient (Wildman–Crippen LogP) is 0.919. The van der Waals surface area contributed by atoms with Crippen molar-refractivity contribution < 1.29 is 0 Å². The molecule has 0 saturated carbocycles. The lowest BCUT2D eigenvalue weighted by atomic mass is 10.3. The van der Waals surface area contributed by atoms with Gasteiger partial charge in [-0.25, -0.2) is 9.97 Å². The Kier molecular flexibility index (Phi) is 3.14. The topological polar surface area (TPSA) is 75.3 Å². The van der Waals surface area contributed by atoms with Gasteiger partial charge in [-0.15, -0.1) is 10.2 Å². The summed E-state index contributed by atoms with van der Waals surface area (Å²) >= 11 is 1.46. The number of hydrogen-bond acceptors (Lipinski definition) is 8. The number of piperazine rings is 1. The van der Waals surface area contributed by atoms with Crippen LogP contribution in [0.2, 0.25) is 0 Å². The molecule has 0 spiro atoms. The Morgan fingerprint density at radius 3 is 2.55 bits per heavy atom. The van der Waals surface area contributed by atoms with E-state index in [1.54, 1.807) is 6.20 Å². The lowest BCUT2D eigenvalue weighted by Gasteiger charge is -2.34. The van der Waals surface area contributed by atoms with E-state index in [4.69, 9.17) is 0 Å². The van der Waals surface area contributed by atoms with Crippen LogP contribution in [0.5, 0.6) is 0 Å². The SMILES string of the molecule is Cc1nsc(N2CCN(c3nccn4c(C)nnc34)CC2)n1. The van der Waals surface area contributed by atoms with E-state index in [0.717, 1.165) is 54.4 Å². The van der Waals surface area contributed by atoms with Crippen LogP contribution in [0, 0.1) is 13.8 Å². The quantitative estimate of drug-likeness (QED) is 0.696. The first-order chi connectivity index (χ1) is 10.7. The fourth-order valence-corrected chi connectivity index (χ4v) is 3.40. The molecule has 9 heteroatoms. The monoisotopic (exact) mass is 316 g/mol. The molecule has 0 amide bonds. The molecular weight excluding hydrogens is 300 g/mol. The maximum absolute atomic E-state index is 4.50. The van der Waals surface area contributed by atoms with Gasteiger partial charge in [0.1, 0.15) is 11.6 Å². The highest BCUT2D eigenvalue weighted by Crippen LogP contribution is 2.22. The molecule has 4 heterocycles. The van der Waals surface area contributed by atoms with Gasteiger partial charge in [0, 0.05) is 50.1 Å². The second-order valence-electron chi connectivity index (χ2n) is 5.29. The lowest BCUT2D eigenvalue weighted by molar-refractivity contribution is 0.645.